The van der Waals surface area contributed by atoms with Gasteiger partial charge in [-0.2, -0.15) is 0 Å². The smallest absolute Gasteiger partial charge is 0.341 e. The molecule has 0 radical (unpaired) electrons. The van der Waals surface area contributed by atoms with Gasteiger partial charge in [0.15, 0.2) is 0 Å². The summed E-state index contributed by atoms with van der Waals surface area (Å²) in [6.45, 7) is 7.57. The highest BCUT2D eigenvalue weighted by molar-refractivity contribution is 7.17. The molecule has 1 aliphatic rings. The van der Waals surface area contributed by atoms with Crippen LogP contribution < -0.4 is 10.6 Å². The van der Waals surface area contributed by atoms with Crippen molar-refractivity contribution in [1.29, 1.82) is 0 Å². The molecule has 1 amide bonds. The molecule has 6 heteroatoms. The first-order valence-electron chi connectivity index (χ1n) is 8.89. The van der Waals surface area contributed by atoms with Crippen LogP contribution in [0.5, 0.6) is 0 Å². The van der Waals surface area contributed by atoms with Gasteiger partial charge in [0.2, 0.25) is 5.91 Å². The average molecular weight is 353 g/mol. The third-order valence-corrected chi connectivity index (χ3v) is 5.41. The van der Waals surface area contributed by atoms with Crippen LogP contribution >= 0.6 is 11.3 Å². The summed E-state index contributed by atoms with van der Waals surface area (Å²) in [7, 11) is 0. The van der Waals surface area contributed by atoms with Crippen LogP contribution in [-0.2, 0) is 22.4 Å². The molecule has 0 saturated carbocycles. The zero-order chi connectivity index (χ0) is 17.5. The molecule has 1 atom stereocenters. The van der Waals surface area contributed by atoms with E-state index >= 15 is 0 Å². The molecule has 0 spiro atoms. The van der Waals surface area contributed by atoms with Gasteiger partial charge in [0.05, 0.1) is 18.7 Å². The second kappa shape index (κ2) is 9.18. The summed E-state index contributed by atoms with van der Waals surface area (Å²) in [6.07, 6.45) is 5.06. The van der Waals surface area contributed by atoms with Crippen LogP contribution in [0.1, 0.15) is 60.8 Å². The first-order valence-corrected chi connectivity index (χ1v) is 9.70. The zero-order valence-corrected chi connectivity index (χ0v) is 15.7. The normalized spacial score (nSPS) is 16.5. The molecule has 1 aromatic heterocycles. The predicted octanol–water partition coefficient (Wildman–Crippen LogP) is 3.38. The molecule has 2 rings (SSSR count). The summed E-state index contributed by atoms with van der Waals surface area (Å²) in [5.41, 5.74) is 1.65. The third kappa shape index (κ3) is 4.80. The van der Waals surface area contributed by atoms with Gasteiger partial charge in [-0.3, -0.25) is 4.79 Å². The fraction of sp³-hybridized carbons (Fsp3) is 0.667. The lowest BCUT2D eigenvalue weighted by atomic mass is 9.88. The lowest BCUT2D eigenvalue weighted by Gasteiger charge is -2.18. The monoisotopic (exact) mass is 352 g/mol. The van der Waals surface area contributed by atoms with Gasteiger partial charge in [-0.15, -0.1) is 11.3 Å². The van der Waals surface area contributed by atoms with E-state index in [1.165, 1.54) is 16.2 Å². The number of amides is 1. The van der Waals surface area contributed by atoms with E-state index in [4.69, 9.17) is 4.74 Å². The van der Waals surface area contributed by atoms with Crippen LogP contribution in [0.2, 0.25) is 0 Å². The Balaban J connectivity index is 2.13. The van der Waals surface area contributed by atoms with Gasteiger partial charge in [-0.05, 0) is 50.6 Å². The van der Waals surface area contributed by atoms with E-state index in [1.807, 2.05) is 0 Å². The minimum absolute atomic E-state index is 0.108. The molecule has 0 aromatic carbocycles. The summed E-state index contributed by atoms with van der Waals surface area (Å²) in [6, 6.07) is 0. The average Bonchev–Trinajstić information content (AvgIpc) is 2.88. The number of hydrogen-bond acceptors (Lipinski definition) is 5. The van der Waals surface area contributed by atoms with Crippen molar-refractivity contribution in [1.82, 2.24) is 5.32 Å². The molecule has 5 nitrogen and oxygen atoms in total. The first kappa shape index (κ1) is 18.9. The number of hydrogen-bond donors (Lipinski definition) is 2. The number of nitrogens with one attached hydrogen (secondary N) is 2. The van der Waals surface area contributed by atoms with Gasteiger partial charge in [0.25, 0.3) is 0 Å². The number of carbonyl (C=O) groups is 2. The van der Waals surface area contributed by atoms with Crippen molar-refractivity contribution in [2.24, 2.45) is 5.92 Å². The van der Waals surface area contributed by atoms with Crippen LogP contribution in [0.4, 0.5) is 5.00 Å². The second-order valence-corrected chi connectivity index (χ2v) is 7.46. The molecular weight excluding hydrogens is 324 g/mol. The summed E-state index contributed by atoms with van der Waals surface area (Å²) in [4.78, 5) is 25.8. The van der Waals surface area contributed by atoms with Crippen molar-refractivity contribution in [3.63, 3.8) is 0 Å². The molecule has 0 fully saturated rings. The van der Waals surface area contributed by atoms with Crippen molar-refractivity contribution >= 4 is 28.2 Å². The molecule has 1 aliphatic carbocycles. The standard InChI is InChI=1S/C18H28N2O3S/c1-4-6-9-19-11-15(21)20-17-16(18(22)23-5-2)13-8-7-12(3)10-14(13)24-17/h12,19H,4-11H2,1-3H3,(H,20,21)/t12-/m1/s1. The number of rotatable bonds is 8. The Hall–Kier alpha value is -1.40. The number of carbonyl (C=O) groups excluding carboxylic acids is 2. The first-order chi connectivity index (χ1) is 11.6. The lowest BCUT2D eigenvalue weighted by molar-refractivity contribution is -0.115. The molecule has 0 unspecified atom stereocenters. The van der Waals surface area contributed by atoms with Crippen LogP contribution in [0.3, 0.4) is 0 Å². The van der Waals surface area contributed by atoms with E-state index < -0.39 is 0 Å². The fourth-order valence-electron chi connectivity index (χ4n) is 2.93. The summed E-state index contributed by atoms with van der Waals surface area (Å²) in [5, 5.41) is 6.69. The van der Waals surface area contributed by atoms with Crippen molar-refractivity contribution in [3.8, 4) is 0 Å². The zero-order valence-electron chi connectivity index (χ0n) is 14.9. The maximum Gasteiger partial charge on any atom is 0.341 e. The van der Waals surface area contributed by atoms with Gasteiger partial charge < -0.3 is 15.4 Å². The minimum Gasteiger partial charge on any atom is -0.462 e. The number of esters is 1. The molecule has 0 saturated heterocycles. The third-order valence-electron chi connectivity index (χ3n) is 4.24. The van der Waals surface area contributed by atoms with Crippen LogP contribution in [0.15, 0.2) is 0 Å². The van der Waals surface area contributed by atoms with E-state index in [1.54, 1.807) is 6.92 Å². The van der Waals surface area contributed by atoms with E-state index in [-0.39, 0.29) is 18.4 Å². The molecule has 1 aromatic rings. The maximum absolute atomic E-state index is 12.4. The van der Waals surface area contributed by atoms with E-state index in [2.05, 4.69) is 24.5 Å². The topological polar surface area (TPSA) is 67.4 Å². The highest BCUT2D eigenvalue weighted by atomic mass is 32.1. The van der Waals surface area contributed by atoms with E-state index in [0.717, 1.165) is 44.2 Å². The van der Waals surface area contributed by atoms with Crippen molar-refractivity contribution in [2.75, 3.05) is 25.0 Å². The Kier molecular flexibility index (Phi) is 7.24. The Morgan fingerprint density at radius 1 is 1.33 bits per heavy atom. The Bertz CT molecular complexity index is 583. The Labute approximate surface area is 148 Å². The fourth-order valence-corrected chi connectivity index (χ4v) is 4.35. The van der Waals surface area contributed by atoms with Crippen molar-refractivity contribution in [2.45, 2.75) is 52.9 Å². The molecule has 0 bridgehead atoms. The Morgan fingerprint density at radius 3 is 2.83 bits per heavy atom. The number of fused-ring (bicyclic) bond motifs is 1. The second-order valence-electron chi connectivity index (χ2n) is 6.35. The predicted molar refractivity (Wildman–Crippen MR) is 97.9 cm³/mol. The van der Waals surface area contributed by atoms with Crippen LogP contribution in [0.25, 0.3) is 0 Å². The summed E-state index contributed by atoms with van der Waals surface area (Å²) in [5.74, 6) is 0.188. The highest BCUT2D eigenvalue weighted by Crippen LogP contribution is 2.40. The lowest BCUT2D eigenvalue weighted by Crippen LogP contribution is -2.29. The molecule has 2 N–H and O–H groups in total. The molecular formula is C18H28N2O3S. The van der Waals surface area contributed by atoms with E-state index in [0.29, 0.717) is 23.1 Å². The number of unbranched alkanes of at least 4 members (excludes halogenated alkanes) is 1. The molecule has 134 valence electrons. The Morgan fingerprint density at radius 2 is 2.12 bits per heavy atom. The molecule has 0 aliphatic heterocycles. The van der Waals surface area contributed by atoms with Crippen molar-refractivity contribution < 1.29 is 14.3 Å². The van der Waals surface area contributed by atoms with E-state index in [9.17, 15) is 9.59 Å². The van der Waals surface area contributed by atoms with Gasteiger partial charge in [-0.1, -0.05) is 20.3 Å². The molecule has 1 heterocycles. The van der Waals surface area contributed by atoms with Gasteiger partial charge in [0.1, 0.15) is 5.00 Å². The van der Waals surface area contributed by atoms with Crippen molar-refractivity contribution in [3.05, 3.63) is 16.0 Å². The SMILES string of the molecule is CCCCNCC(=O)Nc1sc2c(c1C(=O)OCC)CC[C@@H](C)C2. The number of ether oxygens (including phenoxy) is 1. The minimum atomic E-state index is -0.321. The van der Waals surface area contributed by atoms with Crippen LogP contribution in [-0.4, -0.2) is 31.6 Å². The summed E-state index contributed by atoms with van der Waals surface area (Å²) < 4.78 is 5.22. The summed E-state index contributed by atoms with van der Waals surface area (Å²) >= 11 is 1.53. The maximum atomic E-state index is 12.4. The van der Waals surface area contributed by atoms with Gasteiger partial charge in [-0.25, -0.2) is 4.79 Å². The largest absolute Gasteiger partial charge is 0.462 e. The highest BCUT2D eigenvalue weighted by Gasteiger charge is 2.29. The number of thiophene rings is 1. The van der Waals surface area contributed by atoms with Gasteiger partial charge >= 0.3 is 5.97 Å². The van der Waals surface area contributed by atoms with Crippen LogP contribution in [0, 0.1) is 5.92 Å². The van der Waals surface area contributed by atoms with Gasteiger partial charge in [0, 0.05) is 4.88 Å². The number of anilines is 1. The molecule has 24 heavy (non-hydrogen) atoms. The quantitative estimate of drug-likeness (QED) is 0.556.